The Labute approximate surface area is 188 Å². The molecule has 0 radical (unpaired) electrons. The summed E-state index contributed by atoms with van der Waals surface area (Å²) in [7, 11) is 0. The molecule has 2 amide bonds. The van der Waals surface area contributed by atoms with Gasteiger partial charge in [0.05, 0.1) is 24.5 Å². The Bertz CT molecular complexity index is 1070. The second kappa shape index (κ2) is 8.99. The number of amides is 2. The molecule has 6 nitrogen and oxygen atoms in total. The number of nitrogens with one attached hydrogen (secondary N) is 1. The zero-order valence-corrected chi connectivity index (χ0v) is 18.1. The van der Waals surface area contributed by atoms with Crippen LogP contribution < -0.4 is 0 Å². The molecule has 1 aromatic heterocycles. The Kier molecular flexibility index (Phi) is 5.75. The van der Waals surface area contributed by atoms with Crippen LogP contribution in [0.25, 0.3) is 0 Å². The third kappa shape index (κ3) is 4.05. The Morgan fingerprint density at radius 1 is 0.938 bits per heavy atom. The van der Waals surface area contributed by atoms with E-state index < -0.39 is 0 Å². The van der Waals surface area contributed by atoms with Gasteiger partial charge in [-0.05, 0) is 36.5 Å². The number of nitrogens with zero attached hydrogens (tertiary/aromatic N) is 3. The quantitative estimate of drug-likeness (QED) is 0.690. The fourth-order valence-electron chi connectivity index (χ4n) is 5.12. The summed E-state index contributed by atoms with van der Waals surface area (Å²) >= 11 is 0. The largest absolute Gasteiger partial charge is 0.348 e. The zero-order chi connectivity index (χ0) is 21.9. The SMILES string of the molecule is O=C(c1ccccc1)N1CCC(C2c3nc[nH]c3CCN2C(=O)Cc2ccccc2)CC1. The van der Waals surface area contributed by atoms with Crippen LogP contribution in [0.3, 0.4) is 0 Å². The van der Waals surface area contributed by atoms with E-state index in [4.69, 9.17) is 0 Å². The molecule has 1 saturated heterocycles. The van der Waals surface area contributed by atoms with Crippen LogP contribution in [0.4, 0.5) is 0 Å². The van der Waals surface area contributed by atoms with E-state index in [1.807, 2.05) is 70.5 Å². The molecule has 0 saturated carbocycles. The molecule has 1 atom stereocenters. The van der Waals surface area contributed by atoms with Gasteiger partial charge in [0.15, 0.2) is 0 Å². The number of rotatable bonds is 4. The van der Waals surface area contributed by atoms with Gasteiger partial charge in [0, 0.05) is 37.3 Å². The lowest BCUT2D eigenvalue weighted by molar-refractivity contribution is -0.135. The van der Waals surface area contributed by atoms with Gasteiger partial charge >= 0.3 is 0 Å². The number of likely N-dealkylation sites (tertiary alicyclic amines) is 1. The van der Waals surface area contributed by atoms with Crippen molar-refractivity contribution in [2.75, 3.05) is 19.6 Å². The van der Waals surface area contributed by atoms with Crippen molar-refractivity contribution >= 4 is 11.8 Å². The van der Waals surface area contributed by atoms with Crippen molar-refractivity contribution in [1.29, 1.82) is 0 Å². The third-order valence-electron chi connectivity index (χ3n) is 6.78. The van der Waals surface area contributed by atoms with Gasteiger partial charge < -0.3 is 14.8 Å². The average molecular weight is 429 g/mol. The summed E-state index contributed by atoms with van der Waals surface area (Å²) in [5, 5.41) is 0. The van der Waals surface area contributed by atoms with Crippen molar-refractivity contribution in [3.63, 3.8) is 0 Å². The maximum absolute atomic E-state index is 13.3. The summed E-state index contributed by atoms with van der Waals surface area (Å²) in [5.41, 5.74) is 3.91. The lowest BCUT2D eigenvalue weighted by Crippen LogP contribution is -2.47. The summed E-state index contributed by atoms with van der Waals surface area (Å²) in [6, 6.07) is 19.4. The van der Waals surface area contributed by atoms with Crippen molar-refractivity contribution in [2.45, 2.75) is 31.7 Å². The van der Waals surface area contributed by atoms with Gasteiger partial charge in [-0.15, -0.1) is 0 Å². The minimum atomic E-state index is -0.0322. The Morgan fingerprint density at radius 3 is 2.34 bits per heavy atom. The van der Waals surface area contributed by atoms with E-state index in [1.54, 1.807) is 6.33 Å². The van der Waals surface area contributed by atoms with E-state index in [9.17, 15) is 9.59 Å². The maximum Gasteiger partial charge on any atom is 0.253 e. The molecular formula is C26H28N4O2. The Morgan fingerprint density at radius 2 is 1.62 bits per heavy atom. The van der Waals surface area contributed by atoms with Gasteiger partial charge in [-0.25, -0.2) is 4.98 Å². The van der Waals surface area contributed by atoms with Gasteiger partial charge in [-0.1, -0.05) is 48.5 Å². The minimum Gasteiger partial charge on any atom is -0.348 e. The molecule has 1 unspecified atom stereocenters. The van der Waals surface area contributed by atoms with Crippen LogP contribution >= 0.6 is 0 Å². The summed E-state index contributed by atoms with van der Waals surface area (Å²) in [6.45, 7) is 2.11. The van der Waals surface area contributed by atoms with Crippen molar-refractivity contribution in [3.05, 3.63) is 89.5 Å². The van der Waals surface area contributed by atoms with Gasteiger partial charge in [0.2, 0.25) is 5.91 Å². The van der Waals surface area contributed by atoms with Crippen LogP contribution in [0, 0.1) is 5.92 Å². The molecule has 2 aliphatic rings. The first-order valence-electron chi connectivity index (χ1n) is 11.4. The van der Waals surface area contributed by atoms with Crippen LogP contribution in [-0.4, -0.2) is 51.2 Å². The topological polar surface area (TPSA) is 69.3 Å². The molecular weight excluding hydrogens is 400 g/mol. The van der Waals surface area contributed by atoms with Crippen LogP contribution in [0.1, 0.15) is 46.2 Å². The minimum absolute atomic E-state index is 0.0322. The number of H-pyrrole nitrogens is 1. The Hall–Kier alpha value is -3.41. The summed E-state index contributed by atoms with van der Waals surface area (Å²) < 4.78 is 0. The van der Waals surface area contributed by atoms with Crippen LogP contribution in [0.2, 0.25) is 0 Å². The fourth-order valence-corrected chi connectivity index (χ4v) is 5.12. The number of benzene rings is 2. The number of imidazole rings is 1. The maximum atomic E-state index is 13.3. The number of hydrogen-bond donors (Lipinski definition) is 1. The second-order valence-corrected chi connectivity index (χ2v) is 8.71. The molecule has 5 rings (SSSR count). The van der Waals surface area contributed by atoms with E-state index >= 15 is 0 Å². The second-order valence-electron chi connectivity index (χ2n) is 8.71. The van der Waals surface area contributed by atoms with Gasteiger partial charge in [-0.2, -0.15) is 0 Å². The Balaban J connectivity index is 1.32. The molecule has 1 fully saturated rings. The summed E-state index contributed by atoms with van der Waals surface area (Å²) in [5.74, 6) is 0.528. The lowest BCUT2D eigenvalue weighted by atomic mass is 9.83. The van der Waals surface area contributed by atoms with E-state index in [2.05, 4.69) is 9.97 Å². The lowest BCUT2D eigenvalue weighted by Gasteiger charge is -2.43. The van der Waals surface area contributed by atoms with E-state index in [0.29, 0.717) is 26.1 Å². The molecule has 0 spiro atoms. The molecule has 1 N–H and O–H groups in total. The molecule has 0 bridgehead atoms. The monoisotopic (exact) mass is 428 g/mol. The summed E-state index contributed by atoms with van der Waals surface area (Å²) in [4.78, 5) is 38.1. The predicted octanol–water partition coefficient (Wildman–Crippen LogP) is 3.63. The first-order valence-corrected chi connectivity index (χ1v) is 11.4. The van der Waals surface area contributed by atoms with E-state index in [0.717, 1.165) is 41.8 Å². The van der Waals surface area contributed by atoms with E-state index in [-0.39, 0.29) is 23.8 Å². The predicted molar refractivity (Wildman–Crippen MR) is 122 cm³/mol. The highest BCUT2D eigenvalue weighted by atomic mass is 16.2. The zero-order valence-electron chi connectivity index (χ0n) is 18.1. The molecule has 2 aromatic carbocycles. The normalized spacial score (nSPS) is 18.9. The number of aromatic amines is 1. The number of aromatic nitrogens is 2. The molecule has 6 heteroatoms. The van der Waals surface area contributed by atoms with E-state index in [1.165, 1.54) is 0 Å². The van der Waals surface area contributed by atoms with Crippen LogP contribution in [0.5, 0.6) is 0 Å². The van der Waals surface area contributed by atoms with Crippen LogP contribution in [0.15, 0.2) is 67.0 Å². The molecule has 164 valence electrons. The highest BCUT2D eigenvalue weighted by Crippen LogP contribution is 2.39. The number of carbonyl (C=O) groups excluding carboxylic acids is 2. The third-order valence-corrected chi connectivity index (χ3v) is 6.78. The van der Waals surface area contributed by atoms with Crippen molar-refractivity contribution in [1.82, 2.24) is 19.8 Å². The van der Waals surface area contributed by atoms with Crippen molar-refractivity contribution < 1.29 is 9.59 Å². The molecule has 0 aliphatic carbocycles. The highest BCUT2D eigenvalue weighted by Gasteiger charge is 2.39. The van der Waals surface area contributed by atoms with Gasteiger partial charge in [0.25, 0.3) is 5.91 Å². The van der Waals surface area contributed by atoms with Gasteiger partial charge in [-0.3, -0.25) is 9.59 Å². The number of carbonyl (C=O) groups is 2. The number of hydrogen-bond acceptors (Lipinski definition) is 3. The van der Waals surface area contributed by atoms with Crippen molar-refractivity contribution in [2.24, 2.45) is 5.92 Å². The van der Waals surface area contributed by atoms with Gasteiger partial charge in [0.1, 0.15) is 0 Å². The first kappa shape index (κ1) is 20.5. The average Bonchev–Trinajstić information content (AvgIpc) is 3.33. The van der Waals surface area contributed by atoms with Crippen LogP contribution in [-0.2, 0) is 17.6 Å². The summed E-state index contributed by atoms with van der Waals surface area (Å²) in [6.07, 6.45) is 4.69. The smallest absolute Gasteiger partial charge is 0.253 e. The van der Waals surface area contributed by atoms with Crippen molar-refractivity contribution in [3.8, 4) is 0 Å². The molecule has 3 heterocycles. The fraction of sp³-hybridized carbons (Fsp3) is 0.346. The number of fused-ring (bicyclic) bond motifs is 1. The molecule has 2 aliphatic heterocycles. The standard InChI is InChI=1S/C26H28N4O2/c31-23(17-19-7-3-1-4-8-19)30-16-13-22-24(28-18-27-22)25(30)20-11-14-29(15-12-20)26(32)21-9-5-2-6-10-21/h1-10,18,20,25H,11-17H2,(H,27,28). The number of piperidine rings is 1. The molecule has 3 aromatic rings. The highest BCUT2D eigenvalue weighted by molar-refractivity contribution is 5.94. The molecule has 32 heavy (non-hydrogen) atoms. The first-order chi connectivity index (χ1) is 15.7.